The molecule has 7 heteroatoms. The van der Waals surface area contributed by atoms with Crippen molar-refractivity contribution in [1.82, 2.24) is 4.98 Å². The standard InChI is InChI=1S/C30H30N2O4S/c1-17(2)36-30(34)26-22-10-6-8-12-24(22)37-29(26)32-28(33)25-18(3)27(19-13-15-20(35-4)16-14-19)31-23-11-7-5-9-21(23)25/h5,7,9,11,13-17H,6,8,10,12H2,1-4H3,(H,32,33). The number of rotatable bonds is 6. The van der Waals surface area contributed by atoms with Crippen molar-refractivity contribution in [3.63, 3.8) is 0 Å². The molecule has 0 unspecified atom stereocenters. The quantitative estimate of drug-likeness (QED) is 0.281. The Hall–Kier alpha value is -3.71. The van der Waals surface area contributed by atoms with E-state index in [1.165, 1.54) is 11.3 Å². The van der Waals surface area contributed by atoms with E-state index in [0.717, 1.165) is 69.6 Å². The lowest BCUT2D eigenvalue weighted by atomic mass is 9.95. The van der Waals surface area contributed by atoms with Gasteiger partial charge in [-0.25, -0.2) is 9.78 Å². The number of hydrogen-bond donors (Lipinski definition) is 1. The second-order valence-electron chi connectivity index (χ2n) is 9.53. The molecule has 190 valence electrons. The third kappa shape index (κ3) is 4.83. The highest BCUT2D eigenvalue weighted by atomic mass is 32.1. The van der Waals surface area contributed by atoms with Gasteiger partial charge in [0.25, 0.3) is 5.91 Å². The van der Waals surface area contributed by atoms with Gasteiger partial charge in [0.1, 0.15) is 10.8 Å². The number of pyridine rings is 1. The highest BCUT2D eigenvalue weighted by Gasteiger charge is 2.29. The zero-order valence-corrected chi connectivity index (χ0v) is 22.3. The number of fused-ring (bicyclic) bond motifs is 2. The lowest BCUT2D eigenvalue weighted by Gasteiger charge is -2.16. The highest BCUT2D eigenvalue weighted by molar-refractivity contribution is 7.17. The molecule has 2 heterocycles. The number of thiophene rings is 1. The fourth-order valence-corrected chi connectivity index (χ4v) is 6.21. The predicted molar refractivity (Wildman–Crippen MR) is 148 cm³/mol. The third-order valence-corrected chi connectivity index (χ3v) is 7.88. The molecule has 0 saturated carbocycles. The van der Waals surface area contributed by atoms with E-state index in [2.05, 4.69) is 5.32 Å². The first kappa shape index (κ1) is 25.0. The Balaban J connectivity index is 1.60. The summed E-state index contributed by atoms with van der Waals surface area (Å²) >= 11 is 1.49. The van der Waals surface area contributed by atoms with Crippen LogP contribution >= 0.6 is 11.3 Å². The SMILES string of the molecule is COc1ccc(-c2nc3ccccc3c(C(=O)Nc3sc4c(c3C(=O)OC(C)C)CCCC4)c2C)cc1. The smallest absolute Gasteiger partial charge is 0.341 e. The number of anilines is 1. The summed E-state index contributed by atoms with van der Waals surface area (Å²) in [6, 6.07) is 15.3. The molecule has 1 aliphatic carbocycles. The first-order valence-electron chi connectivity index (χ1n) is 12.6. The minimum Gasteiger partial charge on any atom is -0.497 e. The van der Waals surface area contributed by atoms with Gasteiger partial charge in [-0.2, -0.15) is 0 Å². The summed E-state index contributed by atoms with van der Waals surface area (Å²) < 4.78 is 10.9. The molecule has 1 amide bonds. The molecule has 0 fully saturated rings. The molecular formula is C30H30N2O4S. The molecule has 5 rings (SSSR count). The summed E-state index contributed by atoms with van der Waals surface area (Å²) in [5.41, 5.74) is 5.21. The molecule has 4 aromatic rings. The summed E-state index contributed by atoms with van der Waals surface area (Å²) in [5, 5.41) is 4.43. The van der Waals surface area contributed by atoms with Gasteiger partial charge in [0.2, 0.25) is 0 Å². The maximum Gasteiger partial charge on any atom is 0.341 e. The predicted octanol–water partition coefficient (Wildman–Crippen LogP) is 6.98. The molecule has 0 radical (unpaired) electrons. The van der Waals surface area contributed by atoms with Crippen molar-refractivity contribution in [2.75, 3.05) is 12.4 Å². The number of nitrogens with zero attached hydrogens (tertiary/aromatic N) is 1. The number of carbonyl (C=O) groups is 2. The molecule has 0 saturated heterocycles. The van der Waals surface area contributed by atoms with E-state index in [0.29, 0.717) is 16.1 Å². The van der Waals surface area contributed by atoms with Crippen LogP contribution in [0, 0.1) is 6.92 Å². The summed E-state index contributed by atoms with van der Waals surface area (Å²) in [6.07, 6.45) is 3.60. The van der Waals surface area contributed by atoms with E-state index in [1.807, 2.05) is 69.3 Å². The van der Waals surface area contributed by atoms with Crippen LogP contribution in [0.4, 0.5) is 5.00 Å². The van der Waals surface area contributed by atoms with Crippen LogP contribution in [-0.4, -0.2) is 30.1 Å². The number of para-hydroxylation sites is 1. The Kier molecular flexibility index (Phi) is 6.98. The van der Waals surface area contributed by atoms with Crippen LogP contribution in [0.15, 0.2) is 48.5 Å². The number of esters is 1. The monoisotopic (exact) mass is 514 g/mol. The van der Waals surface area contributed by atoms with Crippen LogP contribution in [0.3, 0.4) is 0 Å². The zero-order chi connectivity index (χ0) is 26.1. The van der Waals surface area contributed by atoms with E-state index in [-0.39, 0.29) is 18.0 Å². The summed E-state index contributed by atoms with van der Waals surface area (Å²) in [6.45, 7) is 5.59. The molecule has 37 heavy (non-hydrogen) atoms. The summed E-state index contributed by atoms with van der Waals surface area (Å²) in [7, 11) is 1.63. The molecule has 6 nitrogen and oxygen atoms in total. The van der Waals surface area contributed by atoms with Crippen molar-refractivity contribution in [2.24, 2.45) is 0 Å². The van der Waals surface area contributed by atoms with Gasteiger partial charge in [-0.15, -0.1) is 11.3 Å². The first-order valence-corrected chi connectivity index (χ1v) is 13.4. The molecule has 0 aliphatic heterocycles. The largest absolute Gasteiger partial charge is 0.497 e. The van der Waals surface area contributed by atoms with Gasteiger partial charge in [-0.05, 0) is 87.9 Å². The second kappa shape index (κ2) is 10.3. The zero-order valence-electron chi connectivity index (χ0n) is 21.5. The van der Waals surface area contributed by atoms with Crippen LogP contribution in [0.25, 0.3) is 22.2 Å². The van der Waals surface area contributed by atoms with Crippen LogP contribution in [0.2, 0.25) is 0 Å². The lowest BCUT2D eigenvalue weighted by Crippen LogP contribution is -2.19. The van der Waals surface area contributed by atoms with E-state index < -0.39 is 0 Å². The number of benzene rings is 2. The number of aryl methyl sites for hydroxylation is 1. The van der Waals surface area contributed by atoms with E-state index in [4.69, 9.17) is 14.5 Å². The van der Waals surface area contributed by atoms with Crippen LogP contribution < -0.4 is 10.1 Å². The number of ether oxygens (including phenoxy) is 2. The number of hydrogen-bond acceptors (Lipinski definition) is 6. The number of nitrogens with one attached hydrogen (secondary N) is 1. The number of carbonyl (C=O) groups excluding carboxylic acids is 2. The van der Waals surface area contributed by atoms with E-state index in [1.54, 1.807) is 7.11 Å². The molecule has 0 bridgehead atoms. The molecule has 2 aromatic heterocycles. The topological polar surface area (TPSA) is 77.5 Å². The van der Waals surface area contributed by atoms with Crippen molar-refractivity contribution < 1.29 is 19.1 Å². The summed E-state index contributed by atoms with van der Waals surface area (Å²) in [5.74, 6) is 0.116. The van der Waals surface area contributed by atoms with Gasteiger partial charge in [0.15, 0.2) is 0 Å². The number of methoxy groups -OCH3 is 1. The van der Waals surface area contributed by atoms with Gasteiger partial charge in [0, 0.05) is 15.8 Å². The van der Waals surface area contributed by atoms with E-state index in [9.17, 15) is 9.59 Å². The second-order valence-corrected chi connectivity index (χ2v) is 10.6. The fraction of sp³-hybridized carbons (Fsp3) is 0.300. The molecule has 1 N–H and O–H groups in total. The molecule has 2 aromatic carbocycles. The van der Waals surface area contributed by atoms with Crippen molar-refractivity contribution >= 4 is 39.1 Å². The molecular weight excluding hydrogens is 484 g/mol. The molecule has 0 atom stereocenters. The van der Waals surface area contributed by atoms with Crippen molar-refractivity contribution in [1.29, 1.82) is 0 Å². The van der Waals surface area contributed by atoms with Crippen molar-refractivity contribution in [2.45, 2.75) is 52.6 Å². The van der Waals surface area contributed by atoms with Crippen LogP contribution in [0.1, 0.15) is 63.4 Å². The van der Waals surface area contributed by atoms with Gasteiger partial charge in [-0.3, -0.25) is 4.79 Å². The fourth-order valence-electron chi connectivity index (χ4n) is 4.94. The van der Waals surface area contributed by atoms with Crippen molar-refractivity contribution in [3.05, 3.63) is 75.7 Å². The molecule has 0 spiro atoms. The first-order chi connectivity index (χ1) is 17.9. The van der Waals surface area contributed by atoms with Crippen molar-refractivity contribution in [3.8, 4) is 17.0 Å². The Bertz CT molecular complexity index is 1490. The molecule has 1 aliphatic rings. The Labute approximate surface area is 220 Å². The minimum absolute atomic E-state index is 0.242. The van der Waals surface area contributed by atoms with Crippen LogP contribution in [0.5, 0.6) is 5.75 Å². The average molecular weight is 515 g/mol. The minimum atomic E-state index is -0.375. The van der Waals surface area contributed by atoms with Gasteiger partial charge >= 0.3 is 5.97 Å². The lowest BCUT2D eigenvalue weighted by molar-refractivity contribution is 0.0378. The van der Waals surface area contributed by atoms with Gasteiger partial charge in [0.05, 0.1) is 35.6 Å². The van der Waals surface area contributed by atoms with E-state index >= 15 is 0 Å². The summed E-state index contributed by atoms with van der Waals surface area (Å²) in [4.78, 5) is 33.1. The average Bonchev–Trinajstić information content (AvgIpc) is 3.25. The normalized spacial score (nSPS) is 12.9. The Morgan fingerprint density at radius 2 is 1.73 bits per heavy atom. The van der Waals surface area contributed by atoms with Crippen LogP contribution in [-0.2, 0) is 17.6 Å². The van der Waals surface area contributed by atoms with Gasteiger partial charge in [-0.1, -0.05) is 18.2 Å². The maximum absolute atomic E-state index is 13.9. The Morgan fingerprint density at radius 1 is 1.00 bits per heavy atom. The number of amides is 1. The van der Waals surface area contributed by atoms with Gasteiger partial charge < -0.3 is 14.8 Å². The number of aromatic nitrogens is 1. The maximum atomic E-state index is 13.9. The Morgan fingerprint density at radius 3 is 2.46 bits per heavy atom. The highest BCUT2D eigenvalue weighted by Crippen LogP contribution is 2.40. The third-order valence-electron chi connectivity index (χ3n) is 6.67.